The minimum absolute atomic E-state index is 0.130. The van der Waals surface area contributed by atoms with Crippen LogP contribution >= 0.6 is 11.3 Å². The molecular formula is C16H18N4O2S. The molecule has 120 valence electrons. The first-order valence-corrected chi connectivity index (χ1v) is 8.93. The van der Waals surface area contributed by atoms with E-state index in [1.165, 1.54) is 6.07 Å². The molecule has 3 heterocycles. The van der Waals surface area contributed by atoms with E-state index in [0.29, 0.717) is 30.7 Å². The summed E-state index contributed by atoms with van der Waals surface area (Å²) in [7, 11) is 0. The third kappa shape index (κ3) is 3.06. The van der Waals surface area contributed by atoms with Gasteiger partial charge in [-0.25, -0.2) is 9.97 Å². The predicted octanol–water partition coefficient (Wildman–Crippen LogP) is 2.12. The minimum Gasteiger partial charge on any atom is -0.337 e. The first-order chi connectivity index (χ1) is 11.2. The van der Waals surface area contributed by atoms with E-state index in [2.05, 4.69) is 20.3 Å². The second-order valence-electron chi connectivity index (χ2n) is 6.27. The van der Waals surface area contributed by atoms with Crippen LogP contribution in [0.3, 0.4) is 0 Å². The summed E-state index contributed by atoms with van der Waals surface area (Å²) >= 11 is 1.61. The highest BCUT2D eigenvalue weighted by molar-refractivity contribution is 7.07. The molecule has 4 rings (SSSR count). The quantitative estimate of drug-likeness (QED) is 0.935. The Bertz CT molecular complexity index is 759. The number of carbonyl (C=O) groups is 1. The average Bonchev–Trinajstić information content (AvgIpc) is 3.28. The highest BCUT2D eigenvalue weighted by Crippen LogP contribution is 2.37. The van der Waals surface area contributed by atoms with Gasteiger partial charge in [-0.3, -0.25) is 9.59 Å². The lowest BCUT2D eigenvalue weighted by Gasteiger charge is -2.31. The SMILES string of the molecule is O=C(c1cc(=O)[nH]c(C2CC2)n1)N1CCC(c2cscn2)CC1. The molecule has 6 nitrogen and oxygen atoms in total. The van der Waals surface area contributed by atoms with Crippen LogP contribution in [0.5, 0.6) is 0 Å². The number of rotatable bonds is 3. The van der Waals surface area contributed by atoms with Gasteiger partial charge in [0, 0.05) is 36.4 Å². The minimum atomic E-state index is -0.234. The van der Waals surface area contributed by atoms with Gasteiger partial charge in [0.25, 0.3) is 11.5 Å². The second-order valence-corrected chi connectivity index (χ2v) is 6.99. The van der Waals surface area contributed by atoms with Crippen LogP contribution < -0.4 is 5.56 Å². The van der Waals surface area contributed by atoms with E-state index >= 15 is 0 Å². The zero-order chi connectivity index (χ0) is 15.8. The third-order valence-corrected chi connectivity index (χ3v) is 5.20. The van der Waals surface area contributed by atoms with Crippen molar-refractivity contribution in [3.63, 3.8) is 0 Å². The van der Waals surface area contributed by atoms with Crippen molar-refractivity contribution in [1.82, 2.24) is 19.9 Å². The normalized spacial score (nSPS) is 19.0. The maximum Gasteiger partial charge on any atom is 0.272 e. The molecule has 1 saturated heterocycles. The van der Waals surface area contributed by atoms with Gasteiger partial charge in [0.15, 0.2) is 0 Å². The molecule has 1 amide bonds. The van der Waals surface area contributed by atoms with Crippen molar-refractivity contribution in [3.05, 3.63) is 44.5 Å². The number of H-pyrrole nitrogens is 1. The molecule has 0 radical (unpaired) electrons. The van der Waals surface area contributed by atoms with Crippen LogP contribution in [0.15, 0.2) is 21.8 Å². The Labute approximate surface area is 137 Å². The summed E-state index contributed by atoms with van der Waals surface area (Å²) in [6.45, 7) is 1.38. The van der Waals surface area contributed by atoms with Gasteiger partial charge in [-0.1, -0.05) is 0 Å². The topological polar surface area (TPSA) is 79.0 Å². The Morgan fingerprint density at radius 1 is 1.22 bits per heavy atom. The van der Waals surface area contributed by atoms with Crippen LogP contribution in [0.2, 0.25) is 0 Å². The number of carbonyl (C=O) groups excluding carboxylic acids is 1. The molecule has 0 unspecified atom stereocenters. The molecule has 0 bridgehead atoms. The van der Waals surface area contributed by atoms with Crippen molar-refractivity contribution >= 4 is 17.2 Å². The lowest BCUT2D eigenvalue weighted by Crippen LogP contribution is -2.39. The monoisotopic (exact) mass is 330 g/mol. The van der Waals surface area contributed by atoms with E-state index in [9.17, 15) is 9.59 Å². The number of likely N-dealkylation sites (tertiary alicyclic amines) is 1. The van der Waals surface area contributed by atoms with Gasteiger partial charge in [-0.15, -0.1) is 11.3 Å². The van der Waals surface area contributed by atoms with Gasteiger partial charge in [0.1, 0.15) is 11.5 Å². The molecule has 23 heavy (non-hydrogen) atoms. The molecule has 1 N–H and O–H groups in total. The Hall–Kier alpha value is -2.02. The summed E-state index contributed by atoms with van der Waals surface area (Å²) < 4.78 is 0. The van der Waals surface area contributed by atoms with Crippen LogP contribution in [-0.2, 0) is 0 Å². The number of aromatic amines is 1. The highest BCUT2D eigenvalue weighted by atomic mass is 32.1. The van der Waals surface area contributed by atoms with Crippen molar-refractivity contribution in [3.8, 4) is 0 Å². The summed E-state index contributed by atoms with van der Waals surface area (Å²) in [6, 6.07) is 1.32. The summed E-state index contributed by atoms with van der Waals surface area (Å²) in [5, 5.41) is 2.09. The molecule has 1 aliphatic carbocycles. The molecule has 7 heteroatoms. The highest BCUT2D eigenvalue weighted by Gasteiger charge is 2.29. The van der Waals surface area contributed by atoms with Gasteiger partial charge < -0.3 is 9.88 Å². The van der Waals surface area contributed by atoms with Crippen LogP contribution in [-0.4, -0.2) is 38.8 Å². The van der Waals surface area contributed by atoms with Crippen molar-refractivity contribution in [2.45, 2.75) is 37.5 Å². The van der Waals surface area contributed by atoms with Crippen molar-refractivity contribution in [2.75, 3.05) is 13.1 Å². The molecule has 1 aliphatic heterocycles. The first kappa shape index (κ1) is 14.6. The molecule has 1 saturated carbocycles. The fourth-order valence-electron chi connectivity index (χ4n) is 3.10. The largest absolute Gasteiger partial charge is 0.337 e. The van der Waals surface area contributed by atoms with E-state index in [1.807, 2.05) is 5.51 Å². The van der Waals surface area contributed by atoms with Crippen LogP contribution in [0.1, 0.15) is 59.5 Å². The van der Waals surface area contributed by atoms with E-state index < -0.39 is 0 Å². The zero-order valence-corrected chi connectivity index (χ0v) is 13.5. The maximum atomic E-state index is 12.6. The average molecular weight is 330 g/mol. The van der Waals surface area contributed by atoms with Gasteiger partial charge >= 0.3 is 0 Å². The van der Waals surface area contributed by atoms with E-state index in [0.717, 1.165) is 31.4 Å². The van der Waals surface area contributed by atoms with Crippen LogP contribution in [0.4, 0.5) is 0 Å². The zero-order valence-electron chi connectivity index (χ0n) is 12.7. The first-order valence-electron chi connectivity index (χ1n) is 7.99. The summed E-state index contributed by atoms with van der Waals surface area (Å²) in [5.41, 5.74) is 3.03. The van der Waals surface area contributed by atoms with Crippen molar-refractivity contribution in [1.29, 1.82) is 0 Å². The number of hydrogen-bond acceptors (Lipinski definition) is 5. The fourth-order valence-corrected chi connectivity index (χ4v) is 3.74. The maximum absolute atomic E-state index is 12.6. The number of aromatic nitrogens is 3. The van der Waals surface area contributed by atoms with Gasteiger partial charge in [-0.05, 0) is 25.7 Å². The molecule has 2 aromatic heterocycles. The number of nitrogens with zero attached hydrogens (tertiary/aromatic N) is 3. The number of hydrogen-bond donors (Lipinski definition) is 1. The van der Waals surface area contributed by atoms with Gasteiger partial charge in [0.2, 0.25) is 0 Å². The lowest BCUT2D eigenvalue weighted by atomic mass is 9.94. The number of nitrogens with one attached hydrogen (secondary N) is 1. The molecule has 0 spiro atoms. The van der Waals surface area contributed by atoms with Crippen molar-refractivity contribution in [2.24, 2.45) is 0 Å². The third-order valence-electron chi connectivity index (χ3n) is 4.60. The fraction of sp³-hybridized carbons (Fsp3) is 0.500. The summed E-state index contributed by atoms with van der Waals surface area (Å²) in [5.74, 6) is 1.29. The van der Waals surface area contributed by atoms with Gasteiger partial charge in [-0.2, -0.15) is 0 Å². The van der Waals surface area contributed by atoms with Crippen LogP contribution in [0, 0.1) is 0 Å². The Balaban J connectivity index is 1.47. The smallest absolute Gasteiger partial charge is 0.272 e. The Kier molecular flexibility index (Phi) is 3.72. The molecule has 0 aromatic carbocycles. The van der Waals surface area contributed by atoms with Gasteiger partial charge in [0.05, 0.1) is 11.2 Å². The van der Waals surface area contributed by atoms with Crippen molar-refractivity contribution < 1.29 is 4.79 Å². The molecular weight excluding hydrogens is 312 g/mol. The number of amides is 1. The van der Waals surface area contributed by atoms with E-state index in [-0.39, 0.29) is 17.2 Å². The number of piperidine rings is 1. The Morgan fingerprint density at radius 3 is 2.65 bits per heavy atom. The van der Waals surface area contributed by atoms with E-state index in [1.54, 1.807) is 16.2 Å². The second kappa shape index (κ2) is 5.88. The molecule has 0 atom stereocenters. The lowest BCUT2D eigenvalue weighted by molar-refractivity contribution is 0.0705. The molecule has 2 fully saturated rings. The van der Waals surface area contributed by atoms with Crippen LogP contribution in [0.25, 0.3) is 0 Å². The van der Waals surface area contributed by atoms with E-state index in [4.69, 9.17) is 0 Å². The number of thiazole rings is 1. The Morgan fingerprint density at radius 2 is 2.00 bits per heavy atom. The molecule has 2 aromatic rings. The standard InChI is InChI=1S/C16H18N4O2S/c21-14-7-12(18-15(19-14)11-1-2-11)16(22)20-5-3-10(4-6-20)13-8-23-9-17-13/h7-11H,1-6H2,(H,18,19,21). The summed E-state index contributed by atoms with van der Waals surface area (Å²) in [4.78, 5) is 37.7. The molecule has 2 aliphatic rings. The predicted molar refractivity (Wildman–Crippen MR) is 86.8 cm³/mol. The summed E-state index contributed by atoms with van der Waals surface area (Å²) in [6.07, 6.45) is 3.90.